The van der Waals surface area contributed by atoms with E-state index in [9.17, 15) is 10.1 Å². The topological polar surface area (TPSA) is 76.2 Å². The first kappa shape index (κ1) is 14.8. The average molecular weight is 303 g/mol. The maximum Gasteiger partial charge on any atom is 0.311 e. The van der Waals surface area contributed by atoms with Gasteiger partial charge in [0.15, 0.2) is 0 Å². The molecule has 2 aromatic rings. The van der Waals surface area contributed by atoms with Crippen molar-refractivity contribution in [3.8, 4) is 17.6 Å². The number of hydrogen-bond donors (Lipinski definition) is 0. The molecule has 6 heteroatoms. The molecule has 0 fully saturated rings. The van der Waals surface area contributed by atoms with Crippen molar-refractivity contribution >= 4 is 17.3 Å². The summed E-state index contributed by atoms with van der Waals surface area (Å²) in [4.78, 5) is 10.5. The Hall–Kier alpha value is -2.58. The molecule has 0 unspecified atom stereocenters. The van der Waals surface area contributed by atoms with E-state index in [0.717, 1.165) is 5.56 Å². The summed E-state index contributed by atoms with van der Waals surface area (Å²) in [7, 11) is 0. The van der Waals surface area contributed by atoms with Gasteiger partial charge in [-0.3, -0.25) is 10.1 Å². The molecule has 0 aliphatic heterocycles. The van der Waals surface area contributed by atoms with Gasteiger partial charge >= 0.3 is 5.69 Å². The minimum Gasteiger partial charge on any atom is -0.448 e. The Morgan fingerprint density at radius 3 is 2.76 bits per heavy atom. The van der Waals surface area contributed by atoms with E-state index < -0.39 is 4.92 Å². The van der Waals surface area contributed by atoms with E-state index in [4.69, 9.17) is 21.6 Å². The summed E-state index contributed by atoms with van der Waals surface area (Å²) in [6, 6.07) is 11.6. The number of nitriles is 1. The van der Waals surface area contributed by atoms with E-state index in [2.05, 4.69) is 0 Å². The zero-order valence-electron chi connectivity index (χ0n) is 11.2. The van der Waals surface area contributed by atoms with Crippen LogP contribution in [-0.4, -0.2) is 4.92 Å². The Morgan fingerprint density at radius 1 is 1.38 bits per heavy atom. The number of alkyl halides is 1. The number of hydrogen-bond acceptors (Lipinski definition) is 4. The molecule has 0 N–H and O–H groups in total. The van der Waals surface area contributed by atoms with Gasteiger partial charge in [0.25, 0.3) is 0 Å². The van der Waals surface area contributed by atoms with Crippen molar-refractivity contribution in [2.45, 2.75) is 12.8 Å². The Kier molecular flexibility index (Phi) is 4.41. The molecule has 0 radical (unpaired) electrons. The first-order valence-electron chi connectivity index (χ1n) is 6.07. The lowest BCUT2D eigenvalue weighted by molar-refractivity contribution is -0.385. The van der Waals surface area contributed by atoms with Crippen LogP contribution in [-0.2, 0) is 5.88 Å². The van der Waals surface area contributed by atoms with Crippen LogP contribution in [0.1, 0.15) is 16.7 Å². The van der Waals surface area contributed by atoms with Crippen LogP contribution in [0, 0.1) is 28.4 Å². The number of ether oxygens (including phenoxy) is 1. The normalized spacial score (nSPS) is 9.95. The number of para-hydroxylation sites is 1. The lowest BCUT2D eigenvalue weighted by atomic mass is 10.1. The molecule has 0 atom stereocenters. The summed E-state index contributed by atoms with van der Waals surface area (Å²) in [5.74, 6) is 0.681. The fourth-order valence-corrected chi connectivity index (χ4v) is 2.03. The van der Waals surface area contributed by atoms with Crippen molar-refractivity contribution in [1.82, 2.24) is 0 Å². The van der Waals surface area contributed by atoms with E-state index in [-0.39, 0.29) is 28.6 Å². The van der Waals surface area contributed by atoms with Crippen LogP contribution in [0.15, 0.2) is 36.4 Å². The Balaban J connectivity index is 2.48. The molecule has 0 amide bonds. The number of aryl methyl sites for hydroxylation is 1. The third kappa shape index (κ3) is 3.12. The standard InChI is InChI=1S/C15H11ClN2O3/c1-10-3-2-4-13(18(19)20)15(10)21-14-6-5-11(8-16)7-12(14)9-17/h2-7H,8H2,1H3. The van der Waals surface area contributed by atoms with Crippen LogP contribution in [0.2, 0.25) is 0 Å². The average Bonchev–Trinajstić information content (AvgIpc) is 2.49. The van der Waals surface area contributed by atoms with Crippen molar-refractivity contribution < 1.29 is 9.66 Å². The molecule has 0 spiro atoms. The first-order valence-corrected chi connectivity index (χ1v) is 6.61. The lowest BCUT2D eigenvalue weighted by Gasteiger charge is -2.10. The third-order valence-electron chi connectivity index (χ3n) is 2.92. The van der Waals surface area contributed by atoms with Gasteiger partial charge in [-0.05, 0) is 30.2 Å². The van der Waals surface area contributed by atoms with Crippen LogP contribution in [0.5, 0.6) is 11.5 Å². The maximum absolute atomic E-state index is 11.1. The number of nitro benzene ring substituents is 1. The van der Waals surface area contributed by atoms with E-state index >= 15 is 0 Å². The summed E-state index contributed by atoms with van der Waals surface area (Å²) in [5, 5.41) is 20.2. The zero-order chi connectivity index (χ0) is 15.4. The second-order valence-electron chi connectivity index (χ2n) is 4.36. The molecule has 5 nitrogen and oxygen atoms in total. The highest BCUT2D eigenvalue weighted by atomic mass is 35.5. The van der Waals surface area contributed by atoms with Crippen LogP contribution in [0.3, 0.4) is 0 Å². The van der Waals surface area contributed by atoms with Gasteiger partial charge in [-0.15, -0.1) is 11.6 Å². The predicted octanol–water partition coefficient (Wildman–Crippen LogP) is 4.31. The summed E-state index contributed by atoms with van der Waals surface area (Å²) in [5.41, 5.74) is 1.54. The van der Waals surface area contributed by atoms with E-state index in [1.165, 1.54) is 6.07 Å². The smallest absolute Gasteiger partial charge is 0.311 e. The Morgan fingerprint density at radius 2 is 2.14 bits per heavy atom. The van der Waals surface area contributed by atoms with Crippen molar-refractivity contribution in [2.75, 3.05) is 0 Å². The molecule has 2 aromatic carbocycles. The number of nitrogens with zero attached hydrogens (tertiary/aromatic N) is 2. The molecule has 21 heavy (non-hydrogen) atoms. The quantitative estimate of drug-likeness (QED) is 0.479. The second-order valence-corrected chi connectivity index (χ2v) is 4.63. The number of halogens is 1. The SMILES string of the molecule is Cc1cccc([N+](=O)[O-])c1Oc1ccc(CCl)cc1C#N. The van der Waals surface area contributed by atoms with Gasteiger partial charge in [0.1, 0.15) is 11.8 Å². The lowest BCUT2D eigenvalue weighted by Crippen LogP contribution is -1.97. The molecular weight excluding hydrogens is 292 g/mol. The van der Waals surface area contributed by atoms with Crippen molar-refractivity contribution in [3.63, 3.8) is 0 Å². The van der Waals surface area contributed by atoms with Gasteiger partial charge in [-0.2, -0.15) is 5.26 Å². The van der Waals surface area contributed by atoms with Crippen molar-refractivity contribution in [1.29, 1.82) is 5.26 Å². The van der Waals surface area contributed by atoms with E-state index in [1.54, 1.807) is 37.3 Å². The predicted molar refractivity (Wildman–Crippen MR) is 78.6 cm³/mol. The summed E-state index contributed by atoms with van der Waals surface area (Å²) in [6.45, 7) is 1.71. The minimum atomic E-state index is -0.512. The molecule has 0 aromatic heterocycles. The van der Waals surface area contributed by atoms with Crippen LogP contribution < -0.4 is 4.74 Å². The van der Waals surface area contributed by atoms with E-state index in [1.807, 2.05) is 6.07 Å². The number of benzene rings is 2. The molecule has 0 bridgehead atoms. The van der Waals surface area contributed by atoms with Gasteiger partial charge in [0.05, 0.1) is 10.5 Å². The number of rotatable bonds is 4. The zero-order valence-corrected chi connectivity index (χ0v) is 11.9. The molecular formula is C15H11ClN2O3. The van der Waals surface area contributed by atoms with Gasteiger partial charge in [-0.1, -0.05) is 18.2 Å². The largest absolute Gasteiger partial charge is 0.448 e. The highest BCUT2D eigenvalue weighted by Crippen LogP contribution is 2.35. The molecule has 2 rings (SSSR count). The molecule has 0 saturated heterocycles. The maximum atomic E-state index is 11.1. The Bertz CT molecular complexity index is 738. The van der Waals surface area contributed by atoms with Gasteiger partial charge < -0.3 is 4.74 Å². The molecule has 0 saturated carbocycles. The van der Waals surface area contributed by atoms with Crippen LogP contribution in [0.4, 0.5) is 5.69 Å². The molecule has 0 aliphatic rings. The molecule has 106 valence electrons. The minimum absolute atomic E-state index is 0.137. The highest BCUT2D eigenvalue weighted by Gasteiger charge is 2.19. The first-order chi connectivity index (χ1) is 10.1. The molecule has 0 aliphatic carbocycles. The third-order valence-corrected chi connectivity index (χ3v) is 3.23. The summed E-state index contributed by atoms with van der Waals surface area (Å²) in [6.07, 6.45) is 0. The monoisotopic (exact) mass is 302 g/mol. The second kappa shape index (κ2) is 6.25. The summed E-state index contributed by atoms with van der Waals surface area (Å²) < 4.78 is 5.62. The fourth-order valence-electron chi connectivity index (χ4n) is 1.86. The highest BCUT2D eigenvalue weighted by molar-refractivity contribution is 6.17. The Labute approximate surface area is 126 Å². The van der Waals surface area contributed by atoms with Crippen LogP contribution >= 0.6 is 11.6 Å². The number of nitro groups is 1. The van der Waals surface area contributed by atoms with Crippen molar-refractivity contribution in [2.24, 2.45) is 0 Å². The van der Waals surface area contributed by atoms with Gasteiger partial charge in [0, 0.05) is 11.9 Å². The fraction of sp³-hybridized carbons (Fsp3) is 0.133. The molecule has 0 heterocycles. The van der Waals surface area contributed by atoms with Crippen LogP contribution in [0.25, 0.3) is 0 Å². The van der Waals surface area contributed by atoms with Gasteiger partial charge in [0.2, 0.25) is 5.75 Å². The summed E-state index contributed by atoms with van der Waals surface area (Å²) >= 11 is 5.72. The van der Waals surface area contributed by atoms with Crippen molar-refractivity contribution in [3.05, 3.63) is 63.2 Å². The van der Waals surface area contributed by atoms with E-state index in [0.29, 0.717) is 5.56 Å². The van der Waals surface area contributed by atoms with Gasteiger partial charge in [-0.25, -0.2) is 0 Å².